The Bertz CT molecular complexity index is 1360. The number of aryl methyl sites for hydroxylation is 1. The molecule has 34 heavy (non-hydrogen) atoms. The van der Waals surface area contributed by atoms with Crippen LogP contribution in [0.2, 0.25) is 0 Å². The third-order valence-electron chi connectivity index (χ3n) is 6.14. The lowest BCUT2D eigenvalue weighted by atomic mass is 10.1. The largest absolute Gasteiger partial charge is 0.488 e. The van der Waals surface area contributed by atoms with Crippen molar-refractivity contribution >= 4 is 34.1 Å². The van der Waals surface area contributed by atoms with Crippen molar-refractivity contribution in [3.63, 3.8) is 0 Å². The number of likely N-dealkylation sites (tertiary alicyclic amines) is 1. The van der Waals surface area contributed by atoms with Gasteiger partial charge < -0.3 is 15.4 Å². The smallest absolute Gasteiger partial charge is 0.246 e. The quantitative estimate of drug-likeness (QED) is 0.417. The second-order valence-corrected chi connectivity index (χ2v) is 9.39. The summed E-state index contributed by atoms with van der Waals surface area (Å²) in [6, 6.07) is 10.1. The van der Waals surface area contributed by atoms with E-state index in [9.17, 15) is 4.79 Å². The fourth-order valence-electron chi connectivity index (χ4n) is 4.38. The maximum absolute atomic E-state index is 12.2. The van der Waals surface area contributed by atoms with Crippen molar-refractivity contribution in [3.05, 3.63) is 65.1 Å². The Labute approximate surface area is 201 Å². The van der Waals surface area contributed by atoms with E-state index in [1.165, 1.54) is 12.4 Å². The molecular weight excluding hydrogens is 448 g/mol. The number of hydrogen-bond acceptors (Lipinski definition) is 7. The molecule has 0 saturated carbocycles. The van der Waals surface area contributed by atoms with Crippen LogP contribution >= 0.6 is 11.3 Å². The Balaban J connectivity index is 1.46. The van der Waals surface area contributed by atoms with Crippen molar-refractivity contribution in [2.45, 2.75) is 32.4 Å². The fraction of sp³-hybridized carbons (Fsp3) is 0.280. The van der Waals surface area contributed by atoms with Crippen molar-refractivity contribution < 1.29 is 9.53 Å². The summed E-state index contributed by atoms with van der Waals surface area (Å²) in [5, 5.41) is 7.74. The van der Waals surface area contributed by atoms with Crippen molar-refractivity contribution in [2.75, 3.05) is 18.8 Å². The number of hydrogen-bond donors (Lipinski definition) is 1. The van der Waals surface area contributed by atoms with E-state index in [2.05, 4.69) is 28.0 Å². The zero-order valence-corrected chi connectivity index (χ0v) is 19.8. The number of anilines is 1. The highest BCUT2D eigenvalue weighted by Crippen LogP contribution is 2.36. The van der Waals surface area contributed by atoms with Gasteiger partial charge in [-0.15, -0.1) is 11.3 Å². The highest BCUT2D eigenvalue weighted by atomic mass is 32.1. The molecule has 1 saturated heterocycles. The molecule has 2 N–H and O–H groups in total. The first-order valence-electron chi connectivity index (χ1n) is 11.2. The lowest BCUT2D eigenvalue weighted by molar-refractivity contribution is -0.127. The van der Waals surface area contributed by atoms with Crippen LogP contribution in [0.5, 0.6) is 5.75 Å². The Morgan fingerprint density at radius 3 is 3.03 bits per heavy atom. The summed E-state index contributed by atoms with van der Waals surface area (Å²) in [4.78, 5) is 23.8. The van der Waals surface area contributed by atoms with Gasteiger partial charge in [0.25, 0.3) is 0 Å². The average Bonchev–Trinajstić information content (AvgIpc) is 3.49. The molecule has 1 aromatic carbocycles. The molecule has 0 bridgehead atoms. The SMILES string of the molecule is C=CC(=O)N1CCCC(n2nc(-c3csc(COc4ccccc4C)c3)c3c(N)ncnc32)C1. The van der Waals surface area contributed by atoms with Gasteiger partial charge in [-0.1, -0.05) is 24.8 Å². The molecule has 1 amide bonds. The highest BCUT2D eigenvalue weighted by Gasteiger charge is 2.28. The number of piperidine rings is 1. The Morgan fingerprint density at radius 1 is 1.35 bits per heavy atom. The summed E-state index contributed by atoms with van der Waals surface area (Å²) in [5.74, 6) is 1.21. The summed E-state index contributed by atoms with van der Waals surface area (Å²) in [6.07, 6.45) is 4.62. The number of nitrogen functional groups attached to an aromatic ring is 1. The summed E-state index contributed by atoms with van der Waals surface area (Å²) >= 11 is 1.62. The molecule has 3 aromatic heterocycles. The molecule has 1 unspecified atom stereocenters. The number of ether oxygens (including phenoxy) is 1. The third kappa shape index (κ3) is 4.14. The molecule has 1 atom stereocenters. The second-order valence-electron chi connectivity index (χ2n) is 8.39. The van der Waals surface area contributed by atoms with E-state index in [4.69, 9.17) is 15.6 Å². The van der Waals surface area contributed by atoms with E-state index in [-0.39, 0.29) is 11.9 Å². The predicted octanol–water partition coefficient (Wildman–Crippen LogP) is 4.37. The van der Waals surface area contributed by atoms with Crippen LogP contribution in [0.25, 0.3) is 22.3 Å². The Hall–Kier alpha value is -3.72. The van der Waals surface area contributed by atoms with Gasteiger partial charge in [-0.3, -0.25) is 4.79 Å². The number of carbonyl (C=O) groups is 1. The molecule has 174 valence electrons. The van der Waals surface area contributed by atoms with Gasteiger partial charge in [-0.25, -0.2) is 14.6 Å². The minimum absolute atomic E-state index is 0.00527. The second kappa shape index (κ2) is 9.26. The van der Waals surface area contributed by atoms with Crippen molar-refractivity contribution in [1.29, 1.82) is 0 Å². The maximum Gasteiger partial charge on any atom is 0.246 e. The van der Waals surface area contributed by atoms with Crippen molar-refractivity contribution in [2.24, 2.45) is 0 Å². The Morgan fingerprint density at radius 2 is 2.21 bits per heavy atom. The summed E-state index contributed by atoms with van der Waals surface area (Å²) < 4.78 is 7.93. The van der Waals surface area contributed by atoms with E-state index in [1.54, 1.807) is 11.3 Å². The molecule has 1 fully saturated rings. The summed E-state index contributed by atoms with van der Waals surface area (Å²) in [5.41, 5.74) is 9.78. The summed E-state index contributed by atoms with van der Waals surface area (Å²) in [6.45, 7) is 7.41. The molecule has 9 heteroatoms. The van der Waals surface area contributed by atoms with Gasteiger partial charge in [0, 0.05) is 28.9 Å². The first kappa shape index (κ1) is 22.1. The van der Waals surface area contributed by atoms with Crippen LogP contribution in [0.4, 0.5) is 5.82 Å². The van der Waals surface area contributed by atoms with Gasteiger partial charge >= 0.3 is 0 Å². The zero-order valence-electron chi connectivity index (χ0n) is 19.0. The van der Waals surface area contributed by atoms with Crippen LogP contribution in [0.15, 0.2) is 54.7 Å². The molecular formula is C25H26N6O2S. The van der Waals surface area contributed by atoms with Gasteiger partial charge in [-0.05, 0) is 43.5 Å². The van der Waals surface area contributed by atoms with E-state index in [0.717, 1.165) is 52.2 Å². The average molecular weight is 475 g/mol. The molecule has 0 radical (unpaired) electrons. The number of nitrogens with two attached hydrogens (primary N) is 1. The van der Waals surface area contributed by atoms with Crippen LogP contribution in [0.3, 0.4) is 0 Å². The first-order valence-corrected chi connectivity index (χ1v) is 12.1. The van der Waals surface area contributed by atoms with Gasteiger partial charge in [0.2, 0.25) is 5.91 Å². The highest BCUT2D eigenvalue weighted by molar-refractivity contribution is 7.10. The van der Waals surface area contributed by atoms with Gasteiger partial charge in [-0.2, -0.15) is 5.10 Å². The molecule has 0 aliphatic carbocycles. The van der Waals surface area contributed by atoms with Gasteiger partial charge in [0.1, 0.15) is 30.2 Å². The van der Waals surface area contributed by atoms with Gasteiger partial charge in [0.15, 0.2) is 5.65 Å². The van der Waals surface area contributed by atoms with E-state index in [0.29, 0.717) is 24.6 Å². The van der Waals surface area contributed by atoms with Crippen LogP contribution in [-0.2, 0) is 11.4 Å². The van der Waals surface area contributed by atoms with Crippen molar-refractivity contribution in [3.8, 4) is 17.0 Å². The van der Waals surface area contributed by atoms with E-state index in [1.807, 2.05) is 40.8 Å². The minimum Gasteiger partial charge on any atom is -0.488 e. The predicted molar refractivity (Wildman–Crippen MR) is 134 cm³/mol. The topological polar surface area (TPSA) is 99.2 Å². The number of nitrogens with zero attached hydrogens (tertiary/aromatic N) is 5. The lowest BCUT2D eigenvalue weighted by Gasteiger charge is -2.32. The van der Waals surface area contributed by atoms with E-state index >= 15 is 0 Å². The number of benzene rings is 1. The minimum atomic E-state index is -0.0633. The van der Waals surface area contributed by atoms with E-state index < -0.39 is 0 Å². The number of aromatic nitrogens is 4. The van der Waals surface area contributed by atoms with Crippen LogP contribution in [0, 0.1) is 6.92 Å². The van der Waals surface area contributed by atoms with Crippen LogP contribution < -0.4 is 10.5 Å². The molecule has 4 heterocycles. The first-order chi connectivity index (χ1) is 16.5. The van der Waals surface area contributed by atoms with Gasteiger partial charge in [0.05, 0.1) is 11.4 Å². The van der Waals surface area contributed by atoms with Crippen LogP contribution in [0.1, 0.15) is 29.3 Å². The monoisotopic (exact) mass is 474 g/mol. The zero-order chi connectivity index (χ0) is 23.7. The third-order valence-corrected chi connectivity index (χ3v) is 7.05. The van der Waals surface area contributed by atoms with Crippen molar-refractivity contribution in [1.82, 2.24) is 24.6 Å². The molecule has 0 spiro atoms. The fourth-order valence-corrected chi connectivity index (χ4v) is 5.16. The van der Waals surface area contributed by atoms with Crippen LogP contribution in [-0.4, -0.2) is 43.6 Å². The molecule has 5 rings (SSSR count). The number of thiophene rings is 1. The normalized spacial score (nSPS) is 16.0. The lowest BCUT2D eigenvalue weighted by Crippen LogP contribution is -2.40. The molecule has 1 aliphatic heterocycles. The number of para-hydroxylation sites is 1. The standard InChI is InChI=1S/C25H26N6O2S/c1-3-21(32)30-10-6-8-18(12-30)31-25-22(24(26)27-15-28-25)23(29-31)17-11-19(34-14-17)13-33-20-9-5-4-7-16(20)2/h3-5,7,9,11,14-15,18H,1,6,8,10,12-13H2,2H3,(H2,26,27,28). The number of fused-ring (bicyclic) bond motifs is 1. The number of amides is 1. The molecule has 8 nitrogen and oxygen atoms in total. The molecule has 4 aromatic rings. The number of rotatable bonds is 6. The maximum atomic E-state index is 12.2. The Kier molecular flexibility index (Phi) is 6.02. The number of carbonyl (C=O) groups excluding carboxylic acids is 1. The molecule has 1 aliphatic rings. The summed E-state index contributed by atoms with van der Waals surface area (Å²) in [7, 11) is 0.